The number of carbonyl (C=O) groups excluding carboxylic acids is 2. The minimum atomic E-state index is -3.83. The first-order valence-electron chi connectivity index (χ1n) is 9.44. The SMILES string of the molecule is CSc1cccc(NS(=O)(=O)c2ccc3c(c2)NC(=O)C(C(=O)N2CCCC2)S3)c1. The van der Waals surface area contributed by atoms with Crippen LogP contribution in [-0.2, 0) is 19.6 Å². The summed E-state index contributed by atoms with van der Waals surface area (Å²) in [5.41, 5.74) is 0.866. The summed E-state index contributed by atoms with van der Waals surface area (Å²) in [5.74, 6) is -0.604. The van der Waals surface area contributed by atoms with Gasteiger partial charge in [-0.05, 0) is 55.5 Å². The molecular weight excluding hydrogens is 442 g/mol. The molecule has 2 aliphatic rings. The van der Waals surface area contributed by atoms with Gasteiger partial charge in [-0.2, -0.15) is 0 Å². The van der Waals surface area contributed by atoms with E-state index in [1.54, 1.807) is 29.2 Å². The Morgan fingerprint density at radius 1 is 1.20 bits per heavy atom. The molecule has 0 aromatic heterocycles. The van der Waals surface area contributed by atoms with Gasteiger partial charge in [0.05, 0.1) is 10.6 Å². The van der Waals surface area contributed by atoms with Crippen molar-refractivity contribution in [3.63, 3.8) is 0 Å². The molecule has 0 saturated carbocycles. The maximum Gasteiger partial charge on any atom is 0.261 e. The van der Waals surface area contributed by atoms with E-state index >= 15 is 0 Å². The molecule has 1 saturated heterocycles. The lowest BCUT2D eigenvalue weighted by atomic mass is 10.2. The number of amides is 2. The van der Waals surface area contributed by atoms with Crippen LogP contribution >= 0.6 is 23.5 Å². The first kappa shape index (κ1) is 21.1. The number of anilines is 2. The van der Waals surface area contributed by atoms with Gasteiger partial charge >= 0.3 is 0 Å². The van der Waals surface area contributed by atoms with Crippen LogP contribution in [0.4, 0.5) is 11.4 Å². The molecule has 1 fully saturated rings. The van der Waals surface area contributed by atoms with Gasteiger partial charge in [-0.3, -0.25) is 14.3 Å². The molecule has 2 aromatic rings. The summed E-state index contributed by atoms with van der Waals surface area (Å²) >= 11 is 2.69. The summed E-state index contributed by atoms with van der Waals surface area (Å²) < 4.78 is 28.2. The van der Waals surface area contributed by atoms with E-state index in [9.17, 15) is 18.0 Å². The lowest BCUT2D eigenvalue weighted by molar-refractivity contribution is -0.133. The number of nitrogens with one attached hydrogen (secondary N) is 2. The molecule has 0 radical (unpaired) electrons. The van der Waals surface area contributed by atoms with Crippen molar-refractivity contribution in [2.45, 2.75) is 32.8 Å². The minimum absolute atomic E-state index is 0.0426. The number of nitrogens with zero attached hydrogens (tertiary/aromatic N) is 1. The van der Waals surface area contributed by atoms with Crippen LogP contribution in [0.2, 0.25) is 0 Å². The van der Waals surface area contributed by atoms with Gasteiger partial charge in [-0.25, -0.2) is 8.42 Å². The Kier molecular flexibility index (Phi) is 5.99. The van der Waals surface area contributed by atoms with Crippen LogP contribution in [0, 0.1) is 0 Å². The molecule has 10 heteroatoms. The van der Waals surface area contributed by atoms with Crippen LogP contribution in [0.3, 0.4) is 0 Å². The van der Waals surface area contributed by atoms with Crippen LogP contribution in [0.1, 0.15) is 12.8 Å². The zero-order valence-electron chi connectivity index (χ0n) is 16.3. The average Bonchev–Trinajstić information content (AvgIpc) is 3.27. The molecule has 2 aromatic carbocycles. The molecule has 158 valence electrons. The molecule has 2 aliphatic heterocycles. The summed E-state index contributed by atoms with van der Waals surface area (Å²) in [6, 6.07) is 11.7. The van der Waals surface area contributed by atoms with E-state index in [1.807, 2.05) is 12.3 Å². The van der Waals surface area contributed by atoms with Crippen molar-refractivity contribution in [2.24, 2.45) is 0 Å². The summed E-state index contributed by atoms with van der Waals surface area (Å²) in [6.07, 6.45) is 3.82. The van der Waals surface area contributed by atoms with E-state index in [1.165, 1.54) is 35.7 Å². The van der Waals surface area contributed by atoms with Crippen molar-refractivity contribution in [1.29, 1.82) is 0 Å². The van der Waals surface area contributed by atoms with Gasteiger partial charge in [0.1, 0.15) is 0 Å². The van der Waals surface area contributed by atoms with Crippen molar-refractivity contribution in [3.05, 3.63) is 42.5 Å². The van der Waals surface area contributed by atoms with Crippen LogP contribution < -0.4 is 10.0 Å². The Labute approximate surface area is 184 Å². The third-order valence-corrected chi connectivity index (χ3v) is 8.33. The van der Waals surface area contributed by atoms with Gasteiger partial charge in [-0.1, -0.05) is 6.07 Å². The van der Waals surface area contributed by atoms with Gasteiger partial charge < -0.3 is 10.2 Å². The maximum absolute atomic E-state index is 12.8. The molecule has 2 N–H and O–H groups in total. The fourth-order valence-electron chi connectivity index (χ4n) is 3.42. The van der Waals surface area contributed by atoms with E-state index in [4.69, 9.17) is 0 Å². The minimum Gasteiger partial charge on any atom is -0.341 e. The van der Waals surface area contributed by atoms with Crippen LogP contribution in [-0.4, -0.2) is 49.7 Å². The monoisotopic (exact) mass is 463 g/mol. The van der Waals surface area contributed by atoms with E-state index < -0.39 is 21.2 Å². The summed E-state index contributed by atoms with van der Waals surface area (Å²) in [6.45, 7) is 1.35. The van der Waals surface area contributed by atoms with Crippen LogP contribution in [0.5, 0.6) is 0 Å². The summed E-state index contributed by atoms with van der Waals surface area (Å²) in [5, 5.41) is 1.86. The highest BCUT2D eigenvalue weighted by Crippen LogP contribution is 2.38. The van der Waals surface area contributed by atoms with Crippen LogP contribution in [0.15, 0.2) is 57.2 Å². The zero-order chi connectivity index (χ0) is 21.3. The number of fused-ring (bicyclic) bond motifs is 1. The maximum atomic E-state index is 12.8. The number of benzene rings is 2. The third-order valence-electron chi connectivity index (χ3n) is 4.97. The first-order chi connectivity index (χ1) is 14.4. The molecule has 2 amide bonds. The molecule has 2 heterocycles. The number of sulfonamides is 1. The zero-order valence-corrected chi connectivity index (χ0v) is 18.7. The number of carbonyl (C=O) groups is 2. The quantitative estimate of drug-likeness (QED) is 0.522. The molecule has 0 bridgehead atoms. The van der Waals surface area contributed by atoms with Gasteiger partial charge in [0, 0.05) is 28.6 Å². The van der Waals surface area contributed by atoms with Gasteiger partial charge in [-0.15, -0.1) is 23.5 Å². The second kappa shape index (κ2) is 8.52. The molecule has 1 atom stereocenters. The second-order valence-corrected chi connectivity index (χ2v) is 10.7. The Morgan fingerprint density at radius 2 is 1.97 bits per heavy atom. The van der Waals surface area contributed by atoms with E-state index in [0.29, 0.717) is 29.4 Å². The number of thioether (sulfide) groups is 2. The molecule has 30 heavy (non-hydrogen) atoms. The van der Waals surface area contributed by atoms with Crippen molar-refractivity contribution >= 4 is 56.7 Å². The highest BCUT2D eigenvalue weighted by molar-refractivity contribution is 8.01. The number of likely N-dealkylation sites (tertiary alicyclic amines) is 1. The predicted molar refractivity (Wildman–Crippen MR) is 120 cm³/mol. The Hall–Kier alpha value is -2.17. The van der Waals surface area contributed by atoms with Gasteiger partial charge in [0.25, 0.3) is 10.0 Å². The standard InChI is InChI=1S/C20H21N3O4S3/c1-28-14-6-4-5-13(11-14)22-30(26,27)15-7-8-17-16(12-15)21-19(24)18(29-17)20(25)23-9-2-3-10-23/h4-8,11-12,18,22H,2-3,9-10H2,1H3,(H,21,24). The van der Waals surface area contributed by atoms with E-state index in [-0.39, 0.29) is 10.8 Å². The highest BCUT2D eigenvalue weighted by atomic mass is 32.2. The first-order valence-corrected chi connectivity index (χ1v) is 13.0. The largest absolute Gasteiger partial charge is 0.341 e. The molecule has 4 rings (SSSR count). The summed E-state index contributed by atoms with van der Waals surface area (Å²) in [4.78, 5) is 28.5. The number of hydrogen-bond acceptors (Lipinski definition) is 6. The Morgan fingerprint density at radius 3 is 2.70 bits per heavy atom. The van der Waals surface area contributed by atoms with Crippen molar-refractivity contribution < 1.29 is 18.0 Å². The lowest BCUT2D eigenvalue weighted by Gasteiger charge is -2.27. The number of rotatable bonds is 5. The van der Waals surface area contributed by atoms with Crippen LogP contribution in [0.25, 0.3) is 0 Å². The molecule has 0 aliphatic carbocycles. The van der Waals surface area contributed by atoms with Gasteiger partial charge in [0.15, 0.2) is 5.25 Å². The third kappa shape index (κ3) is 4.30. The van der Waals surface area contributed by atoms with E-state index in [0.717, 1.165) is 17.7 Å². The fraction of sp³-hybridized carbons (Fsp3) is 0.300. The number of hydrogen-bond donors (Lipinski definition) is 2. The topological polar surface area (TPSA) is 95.6 Å². The normalized spacial score (nSPS) is 18.6. The molecule has 0 spiro atoms. The molecule has 7 nitrogen and oxygen atoms in total. The fourth-order valence-corrected chi connectivity index (χ4v) is 6.01. The lowest BCUT2D eigenvalue weighted by Crippen LogP contribution is -2.43. The van der Waals surface area contributed by atoms with Crippen molar-refractivity contribution in [2.75, 3.05) is 29.4 Å². The van der Waals surface area contributed by atoms with Gasteiger partial charge in [0.2, 0.25) is 11.8 Å². The van der Waals surface area contributed by atoms with Crippen molar-refractivity contribution in [1.82, 2.24) is 4.90 Å². The Balaban J connectivity index is 1.55. The smallest absolute Gasteiger partial charge is 0.261 e. The average molecular weight is 464 g/mol. The molecular formula is C20H21N3O4S3. The molecule has 1 unspecified atom stereocenters. The Bertz CT molecular complexity index is 1100. The van der Waals surface area contributed by atoms with Crippen molar-refractivity contribution in [3.8, 4) is 0 Å². The predicted octanol–water partition coefficient (Wildman–Crippen LogP) is 3.24. The summed E-state index contributed by atoms with van der Waals surface area (Å²) in [7, 11) is -3.83. The second-order valence-electron chi connectivity index (χ2n) is 7.01. The highest BCUT2D eigenvalue weighted by Gasteiger charge is 2.37. The van der Waals surface area contributed by atoms with E-state index in [2.05, 4.69) is 10.0 Å².